The monoisotopic (exact) mass is 403 g/mol. The molecule has 0 spiro atoms. The van der Waals surface area contributed by atoms with Crippen molar-refractivity contribution in [2.24, 2.45) is 0 Å². The summed E-state index contributed by atoms with van der Waals surface area (Å²) < 4.78 is 16.3. The van der Waals surface area contributed by atoms with E-state index >= 15 is 0 Å². The summed E-state index contributed by atoms with van der Waals surface area (Å²) in [5, 5.41) is 1.18. The number of H-pyrrole nitrogens is 1. The predicted octanol–water partition coefficient (Wildman–Crippen LogP) is 5.63. The van der Waals surface area contributed by atoms with E-state index in [2.05, 4.69) is 35.3 Å². The highest BCUT2D eigenvalue weighted by atomic mass is 32.1. The summed E-state index contributed by atoms with van der Waals surface area (Å²) in [6.45, 7) is 0. The molecule has 0 aliphatic heterocycles. The minimum atomic E-state index is 0.549. The second-order valence-corrected chi connectivity index (χ2v) is 7.00. The Bertz CT molecular complexity index is 1140. The molecular formula is C24H21NO3S. The summed E-state index contributed by atoms with van der Waals surface area (Å²) in [5.41, 5.74) is 5.03. The van der Waals surface area contributed by atoms with E-state index in [1.807, 2.05) is 36.4 Å². The van der Waals surface area contributed by atoms with Crippen molar-refractivity contribution in [1.82, 2.24) is 4.98 Å². The lowest BCUT2D eigenvalue weighted by molar-refractivity contribution is 0.324. The number of methoxy groups -OCH3 is 3. The number of hydrogen-bond donors (Lipinski definition) is 1. The van der Waals surface area contributed by atoms with Crippen molar-refractivity contribution in [3.63, 3.8) is 0 Å². The normalized spacial score (nSPS) is 10.7. The molecule has 0 atom stereocenters. The summed E-state index contributed by atoms with van der Waals surface area (Å²) in [7, 11) is 4.78. The van der Waals surface area contributed by atoms with Crippen LogP contribution in [0.5, 0.6) is 17.2 Å². The molecule has 0 aliphatic rings. The highest BCUT2D eigenvalue weighted by Gasteiger charge is 2.16. The van der Waals surface area contributed by atoms with Gasteiger partial charge in [-0.2, -0.15) is 0 Å². The number of ether oxygens (including phenoxy) is 3. The van der Waals surface area contributed by atoms with Crippen molar-refractivity contribution >= 4 is 28.0 Å². The summed E-state index contributed by atoms with van der Waals surface area (Å²) in [6.07, 6.45) is 0. The van der Waals surface area contributed by atoms with Crippen LogP contribution in [0.25, 0.3) is 22.2 Å². The standard InChI is InChI=1S/C24H21NO3S/c1-26-21-13-18(14-22(27-2)23(21)28-3)24(29)17-9-6-8-15(11-17)20-12-16-7-4-5-10-19(16)25-20/h4-14,25H,1-3H3. The quantitative estimate of drug-likeness (QED) is 0.335. The zero-order valence-corrected chi connectivity index (χ0v) is 17.3. The van der Waals surface area contributed by atoms with Gasteiger partial charge in [-0.15, -0.1) is 0 Å². The van der Waals surface area contributed by atoms with E-state index in [9.17, 15) is 0 Å². The molecule has 146 valence electrons. The molecule has 1 aromatic heterocycles. The van der Waals surface area contributed by atoms with Gasteiger partial charge in [-0.25, -0.2) is 0 Å². The Balaban J connectivity index is 1.74. The van der Waals surface area contributed by atoms with E-state index in [0.717, 1.165) is 27.9 Å². The fourth-order valence-electron chi connectivity index (χ4n) is 3.44. The van der Waals surface area contributed by atoms with E-state index in [1.165, 1.54) is 5.39 Å². The van der Waals surface area contributed by atoms with E-state index in [4.69, 9.17) is 26.4 Å². The number of fused-ring (bicyclic) bond motifs is 1. The largest absolute Gasteiger partial charge is 0.493 e. The van der Waals surface area contributed by atoms with Gasteiger partial charge in [0.15, 0.2) is 11.5 Å². The zero-order valence-electron chi connectivity index (χ0n) is 16.5. The van der Waals surface area contributed by atoms with Crippen LogP contribution in [0.15, 0.2) is 66.7 Å². The first-order chi connectivity index (χ1) is 14.1. The van der Waals surface area contributed by atoms with Gasteiger partial charge in [0.25, 0.3) is 0 Å². The number of aromatic nitrogens is 1. The number of thiocarbonyl (C=S) groups is 1. The molecule has 0 unspecified atom stereocenters. The minimum absolute atomic E-state index is 0.549. The molecular weight excluding hydrogens is 382 g/mol. The van der Waals surface area contributed by atoms with Gasteiger partial charge in [0.2, 0.25) is 5.75 Å². The number of hydrogen-bond acceptors (Lipinski definition) is 4. The summed E-state index contributed by atoms with van der Waals surface area (Å²) in [5.74, 6) is 1.71. The molecule has 0 bridgehead atoms. The molecule has 0 radical (unpaired) electrons. The number of benzene rings is 3. The molecule has 4 aromatic rings. The lowest BCUT2D eigenvalue weighted by Crippen LogP contribution is -2.03. The van der Waals surface area contributed by atoms with Crippen LogP contribution >= 0.6 is 12.2 Å². The first-order valence-electron chi connectivity index (χ1n) is 9.17. The van der Waals surface area contributed by atoms with Crippen LogP contribution < -0.4 is 14.2 Å². The number of para-hydroxylation sites is 1. The number of nitrogens with one attached hydrogen (secondary N) is 1. The van der Waals surface area contributed by atoms with Crippen LogP contribution in [0.2, 0.25) is 0 Å². The van der Waals surface area contributed by atoms with Gasteiger partial charge < -0.3 is 19.2 Å². The average molecular weight is 404 g/mol. The lowest BCUT2D eigenvalue weighted by atomic mass is 10.0. The molecule has 1 heterocycles. The van der Waals surface area contributed by atoms with Gasteiger partial charge in [0.05, 0.1) is 26.2 Å². The maximum atomic E-state index is 5.79. The highest BCUT2D eigenvalue weighted by molar-refractivity contribution is 7.81. The minimum Gasteiger partial charge on any atom is -0.493 e. The summed E-state index contributed by atoms with van der Waals surface area (Å²) in [6, 6.07) is 22.3. The molecule has 4 rings (SSSR count). The maximum Gasteiger partial charge on any atom is 0.203 e. The van der Waals surface area contributed by atoms with Gasteiger partial charge in [0.1, 0.15) is 0 Å². The van der Waals surface area contributed by atoms with Crippen molar-refractivity contribution in [3.8, 4) is 28.5 Å². The third-order valence-corrected chi connectivity index (χ3v) is 5.36. The molecule has 0 aliphatic carbocycles. The van der Waals surface area contributed by atoms with Crippen LogP contribution in [0.3, 0.4) is 0 Å². The molecule has 4 nitrogen and oxygen atoms in total. The van der Waals surface area contributed by atoms with Gasteiger partial charge in [-0.1, -0.05) is 48.6 Å². The number of rotatable bonds is 6. The average Bonchev–Trinajstić information content (AvgIpc) is 3.22. The molecule has 0 saturated heterocycles. The molecule has 0 amide bonds. The Morgan fingerprint density at radius 3 is 2.14 bits per heavy atom. The fourth-order valence-corrected chi connectivity index (χ4v) is 3.68. The van der Waals surface area contributed by atoms with Gasteiger partial charge in [0, 0.05) is 22.2 Å². The van der Waals surface area contributed by atoms with Gasteiger partial charge >= 0.3 is 0 Å². The van der Waals surface area contributed by atoms with Crippen molar-refractivity contribution in [1.29, 1.82) is 0 Å². The summed E-state index contributed by atoms with van der Waals surface area (Å²) in [4.78, 5) is 4.18. The Morgan fingerprint density at radius 1 is 0.759 bits per heavy atom. The second kappa shape index (κ2) is 7.97. The molecule has 0 saturated carbocycles. The Morgan fingerprint density at radius 2 is 1.48 bits per heavy atom. The fraction of sp³-hybridized carbons (Fsp3) is 0.125. The van der Waals surface area contributed by atoms with E-state index in [1.54, 1.807) is 21.3 Å². The molecule has 5 heteroatoms. The third kappa shape index (κ3) is 3.57. The van der Waals surface area contributed by atoms with E-state index in [-0.39, 0.29) is 0 Å². The topological polar surface area (TPSA) is 43.5 Å². The van der Waals surface area contributed by atoms with Crippen LogP contribution in [-0.4, -0.2) is 31.2 Å². The molecule has 1 N–H and O–H groups in total. The van der Waals surface area contributed by atoms with Crippen LogP contribution in [0, 0.1) is 0 Å². The number of aromatic amines is 1. The SMILES string of the molecule is COc1cc(C(=S)c2cccc(-c3cc4ccccc4[nH]3)c2)cc(OC)c1OC. The smallest absolute Gasteiger partial charge is 0.203 e. The van der Waals surface area contributed by atoms with Gasteiger partial charge in [-0.05, 0) is 41.5 Å². The van der Waals surface area contributed by atoms with Crippen molar-refractivity contribution < 1.29 is 14.2 Å². The highest BCUT2D eigenvalue weighted by Crippen LogP contribution is 2.39. The molecule has 29 heavy (non-hydrogen) atoms. The van der Waals surface area contributed by atoms with Crippen molar-refractivity contribution in [2.75, 3.05) is 21.3 Å². The Kier molecular flexibility index (Phi) is 5.23. The lowest BCUT2D eigenvalue weighted by Gasteiger charge is -2.15. The van der Waals surface area contributed by atoms with Crippen molar-refractivity contribution in [3.05, 3.63) is 77.9 Å². The second-order valence-electron chi connectivity index (χ2n) is 6.59. The first-order valence-corrected chi connectivity index (χ1v) is 9.58. The third-order valence-electron chi connectivity index (χ3n) is 4.89. The Labute approximate surface area is 175 Å². The van der Waals surface area contributed by atoms with Crippen LogP contribution in [0.4, 0.5) is 0 Å². The maximum absolute atomic E-state index is 5.79. The predicted molar refractivity (Wildman–Crippen MR) is 121 cm³/mol. The molecule has 3 aromatic carbocycles. The Hall–Kier alpha value is -3.31. The first kappa shape index (κ1) is 19.0. The molecule has 0 fully saturated rings. The van der Waals surface area contributed by atoms with Crippen LogP contribution in [0.1, 0.15) is 11.1 Å². The van der Waals surface area contributed by atoms with Gasteiger partial charge in [-0.3, -0.25) is 0 Å². The van der Waals surface area contributed by atoms with Crippen molar-refractivity contribution in [2.45, 2.75) is 0 Å². The van der Waals surface area contributed by atoms with Crippen LogP contribution in [-0.2, 0) is 0 Å². The summed E-state index contributed by atoms with van der Waals surface area (Å²) >= 11 is 5.79. The zero-order chi connectivity index (χ0) is 20.4. The van der Waals surface area contributed by atoms with E-state index in [0.29, 0.717) is 22.1 Å². The van der Waals surface area contributed by atoms with E-state index < -0.39 is 0 Å².